The molecular formula is C7H11F3O2. The Labute approximate surface area is 68.6 Å². The Bertz CT molecular complexity index is 146. The van der Waals surface area contributed by atoms with Crippen molar-refractivity contribution in [3.63, 3.8) is 0 Å². The Morgan fingerprint density at radius 3 is 2.50 bits per heavy atom. The summed E-state index contributed by atoms with van der Waals surface area (Å²) in [5.41, 5.74) is 0. The number of rotatable bonds is 2. The molecule has 0 radical (unpaired) electrons. The summed E-state index contributed by atoms with van der Waals surface area (Å²) in [6.07, 6.45) is -5.78. The Morgan fingerprint density at radius 2 is 2.08 bits per heavy atom. The second kappa shape index (κ2) is 3.62. The monoisotopic (exact) mass is 184 g/mol. The number of hydrogen-bond donors (Lipinski definition) is 0. The molecule has 0 N–H and O–H groups in total. The number of alkyl halides is 3. The maximum absolute atomic E-state index is 11.8. The summed E-state index contributed by atoms with van der Waals surface area (Å²) in [5.74, 6) is 0. The van der Waals surface area contributed by atoms with Gasteiger partial charge in [0.05, 0.1) is 19.1 Å². The van der Waals surface area contributed by atoms with Crippen molar-refractivity contribution >= 4 is 0 Å². The fraction of sp³-hybridized carbons (Fsp3) is 1.00. The smallest absolute Gasteiger partial charge is 0.350 e. The van der Waals surface area contributed by atoms with Crippen LogP contribution in [0.5, 0.6) is 0 Å². The van der Waals surface area contributed by atoms with Gasteiger partial charge in [0, 0.05) is 0 Å². The highest BCUT2D eigenvalue weighted by molar-refractivity contribution is 4.66. The molecule has 2 nitrogen and oxygen atoms in total. The zero-order valence-corrected chi connectivity index (χ0v) is 6.73. The van der Waals surface area contributed by atoms with Gasteiger partial charge in [0.15, 0.2) is 6.29 Å². The molecule has 1 fully saturated rings. The van der Waals surface area contributed by atoms with Crippen LogP contribution in [0.25, 0.3) is 0 Å². The molecule has 5 heteroatoms. The average molecular weight is 184 g/mol. The molecule has 1 rings (SSSR count). The van der Waals surface area contributed by atoms with Gasteiger partial charge in [0.25, 0.3) is 0 Å². The largest absolute Gasteiger partial charge is 0.393 e. The van der Waals surface area contributed by atoms with Crippen molar-refractivity contribution in [3.05, 3.63) is 0 Å². The number of ether oxygens (including phenoxy) is 2. The van der Waals surface area contributed by atoms with Crippen molar-refractivity contribution in [2.75, 3.05) is 6.61 Å². The molecular weight excluding hydrogens is 173 g/mol. The summed E-state index contributed by atoms with van der Waals surface area (Å²) in [4.78, 5) is 0. The second-order valence-corrected chi connectivity index (χ2v) is 2.75. The van der Waals surface area contributed by atoms with Gasteiger partial charge in [-0.2, -0.15) is 13.2 Å². The molecule has 0 aromatic carbocycles. The summed E-state index contributed by atoms with van der Waals surface area (Å²) in [7, 11) is 0. The van der Waals surface area contributed by atoms with Gasteiger partial charge in [0.1, 0.15) is 0 Å². The van der Waals surface area contributed by atoms with E-state index in [1.54, 1.807) is 0 Å². The zero-order valence-electron chi connectivity index (χ0n) is 6.73. The maximum atomic E-state index is 11.8. The first-order valence-corrected chi connectivity index (χ1v) is 3.85. The predicted octanol–water partition coefficient (Wildman–Crippen LogP) is 2.09. The zero-order chi connectivity index (χ0) is 9.19. The van der Waals surface area contributed by atoms with E-state index >= 15 is 0 Å². The summed E-state index contributed by atoms with van der Waals surface area (Å²) in [6, 6.07) is 0. The van der Waals surface area contributed by atoms with Crippen molar-refractivity contribution < 1.29 is 22.6 Å². The van der Waals surface area contributed by atoms with Crippen LogP contribution in [0.4, 0.5) is 13.2 Å². The van der Waals surface area contributed by atoms with Crippen LogP contribution in [0.3, 0.4) is 0 Å². The van der Waals surface area contributed by atoms with Crippen molar-refractivity contribution in [1.82, 2.24) is 0 Å². The van der Waals surface area contributed by atoms with Gasteiger partial charge < -0.3 is 9.47 Å². The normalized spacial score (nSPS) is 31.0. The molecule has 0 spiro atoms. The molecule has 1 aliphatic heterocycles. The van der Waals surface area contributed by atoms with Crippen LogP contribution >= 0.6 is 0 Å². The van der Waals surface area contributed by atoms with E-state index in [1.807, 2.05) is 6.92 Å². The van der Waals surface area contributed by atoms with Crippen LogP contribution in [0, 0.1) is 0 Å². The van der Waals surface area contributed by atoms with E-state index in [0.717, 1.165) is 0 Å². The highest BCUT2D eigenvalue weighted by Gasteiger charge is 2.36. The van der Waals surface area contributed by atoms with E-state index in [-0.39, 0.29) is 12.7 Å². The van der Waals surface area contributed by atoms with E-state index in [1.165, 1.54) is 0 Å². The lowest BCUT2D eigenvalue weighted by atomic mass is 10.3. The first-order valence-electron chi connectivity index (χ1n) is 3.85. The Balaban J connectivity index is 2.28. The standard InChI is InChI=1S/C7H11F3O2/c1-2-5-4-11-6(12-5)3-7(8,9)10/h5-6H,2-4H2,1H3. The van der Waals surface area contributed by atoms with E-state index < -0.39 is 18.9 Å². The minimum atomic E-state index is -4.20. The molecule has 12 heavy (non-hydrogen) atoms. The Hall–Kier alpha value is -0.290. The van der Waals surface area contributed by atoms with Gasteiger partial charge in [-0.3, -0.25) is 0 Å². The predicted molar refractivity (Wildman–Crippen MR) is 35.6 cm³/mol. The van der Waals surface area contributed by atoms with E-state index in [2.05, 4.69) is 0 Å². The van der Waals surface area contributed by atoms with Crippen LogP contribution in [-0.4, -0.2) is 25.2 Å². The summed E-state index contributed by atoms with van der Waals surface area (Å²) < 4.78 is 45.1. The van der Waals surface area contributed by atoms with Crippen molar-refractivity contribution in [3.8, 4) is 0 Å². The molecule has 2 atom stereocenters. The molecule has 2 unspecified atom stereocenters. The van der Waals surface area contributed by atoms with Crippen LogP contribution in [-0.2, 0) is 9.47 Å². The lowest BCUT2D eigenvalue weighted by molar-refractivity contribution is -0.190. The molecule has 0 bridgehead atoms. The highest BCUT2D eigenvalue weighted by Crippen LogP contribution is 2.27. The molecule has 1 saturated heterocycles. The van der Waals surface area contributed by atoms with Gasteiger partial charge in [-0.15, -0.1) is 0 Å². The lowest BCUT2D eigenvalue weighted by Gasteiger charge is -2.12. The van der Waals surface area contributed by atoms with Gasteiger partial charge in [-0.05, 0) is 6.42 Å². The van der Waals surface area contributed by atoms with Crippen molar-refractivity contribution in [1.29, 1.82) is 0 Å². The molecule has 1 heterocycles. The number of halogens is 3. The van der Waals surface area contributed by atoms with Crippen LogP contribution in [0.1, 0.15) is 19.8 Å². The SMILES string of the molecule is CCC1COC(CC(F)(F)F)O1. The maximum Gasteiger partial charge on any atom is 0.393 e. The third-order valence-electron chi connectivity index (χ3n) is 1.67. The summed E-state index contributed by atoms with van der Waals surface area (Å²) in [6.45, 7) is 2.13. The lowest BCUT2D eigenvalue weighted by Crippen LogP contribution is -2.20. The molecule has 0 aromatic rings. The van der Waals surface area contributed by atoms with Crippen LogP contribution in [0.15, 0.2) is 0 Å². The first-order chi connectivity index (χ1) is 5.51. The van der Waals surface area contributed by atoms with E-state index in [9.17, 15) is 13.2 Å². The van der Waals surface area contributed by atoms with Gasteiger partial charge in [-0.25, -0.2) is 0 Å². The summed E-state index contributed by atoms with van der Waals surface area (Å²) >= 11 is 0. The molecule has 0 amide bonds. The molecule has 0 aromatic heterocycles. The van der Waals surface area contributed by atoms with Gasteiger partial charge in [-0.1, -0.05) is 6.92 Å². The minimum absolute atomic E-state index is 0.169. The fourth-order valence-electron chi connectivity index (χ4n) is 1.02. The Kier molecular flexibility index (Phi) is 2.95. The van der Waals surface area contributed by atoms with Gasteiger partial charge in [0.2, 0.25) is 0 Å². The minimum Gasteiger partial charge on any atom is -0.350 e. The highest BCUT2D eigenvalue weighted by atomic mass is 19.4. The fourth-order valence-corrected chi connectivity index (χ4v) is 1.02. The molecule has 1 aliphatic rings. The summed E-state index contributed by atoms with van der Waals surface area (Å²) in [5, 5.41) is 0. The second-order valence-electron chi connectivity index (χ2n) is 2.75. The Morgan fingerprint density at radius 1 is 1.42 bits per heavy atom. The van der Waals surface area contributed by atoms with Crippen molar-refractivity contribution in [2.45, 2.75) is 38.3 Å². The first kappa shape index (κ1) is 9.80. The number of hydrogen-bond acceptors (Lipinski definition) is 2. The van der Waals surface area contributed by atoms with Crippen LogP contribution in [0.2, 0.25) is 0 Å². The van der Waals surface area contributed by atoms with E-state index in [0.29, 0.717) is 6.42 Å². The molecule has 0 aliphatic carbocycles. The van der Waals surface area contributed by atoms with E-state index in [4.69, 9.17) is 9.47 Å². The van der Waals surface area contributed by atoms with Crippen LogP contribution < -0.4 is 0 Å². The third kappa shape index (κ3) is 2.98. The molecule has 72 valence electrons. The van der Waals surface area contributed by atoms with Gasteiger partial charge >= 0.3 is 6.18 Å². The molecule has 0 saturated carbocycles. The quantitative estimate of drug-likeness (QED) is 0.654. The van der Waals surface area contributed by atoms with Crippen molar-refractivity contribution in [2.24, 2.45) is 0 Å². The topological polar surface area (TPSA) is 18.5 Å². The average Bonchev–Trinajstić information content (AvgIpc) is 2.32. The third-order valence-corrected chi connectivity index (χ3v) is 1.67.